The first kappa shape index (κ1) is 22.9. The number of rotatable bonds is 8. The van der Waals surface area contributed by atoms with E-state index < -0.39 is 40.1 Å². The van der Waals surface area contributed by atoms with Crippen molar-refractivity contribution in [3.8, 4) is 5.75 Å². The van der Waals surface area contributed by atoms with Crippen molar-refractivity contribution >= 4 is 17.3 Å². The van der Waals surface area contributed by atoms with Crippen LogP contribution >= 0.6 is 0 Å². The van der Waals surface area contributed by atoms with E-state index >= 15 is 0 Å². The fourth-order valence-corrected chi connectivity index (χ4v) is 3.39. The minimum Gasteiger partial charge on any atom is -0.598 e. The number of alkyl halides is 1. The van der Waals surface area contributed by atoms with Crippen LogP contribution < -0.4 is 9.46 Å². The molecule has 6 nitrogen and oxygen atoms in total. The summed E-state index contributed by atoms with van der Waals surface area (Å²) < 4.78 is 59.5. The second-order valence-corrected chi connectivity index (χ2v) is 9.42. The first-order valence-corrected chi connectivity index (χ1v) is 10.3. The molecule has 4 atom stereocenters. The smallest absolute Gasteiger partial charge is 0.342 e. The van der Waals surface area contributed by atoms with E-state index in [1.54, 1.807) is 27.7 Å². The van der Waals surface area contributed by atoms with Gasteiger partial charge in [0.2, 0.25) is 6.17 Å². The Balaban J connectivity index is 2.33. The molecule has 0 aromatic heterocycles. The molecule has 0 bridgehead atoms. The average molecular weight is 419 g/mol. The zero-order valence-electron chi connectivity index (χ0n) is 16.5. The zero-order valence-corrected chi connectivity index (χ0v) is 17.3. The fraction of sp³-hybridized carbons (Fsp3) is 0.632. The Labute approximate surface area is 167 Å². The molecule has 0 saturated carbocycles. The van der Waals surface area contributed by atoms with Crippen LogP contribution in [0.15, 0.2) is 18.2 Å². The van der Waals surface area contributed by atoms with Crippen LogP contribution in [0.4, 0.5) is 8.78 Å². The Morgan fingerprint density at radius 1 is 1.46 bits per heavy atom. The Kier molecular flexibility index (Phi) is 8.06. The number of halogens is 2. The van der Waals surface area contributed by atoms with Gasteiger partial charge in [0.1, 0.15) is 28.5 Å². The Morgan fingerprint density at radius 3 is 2.75 bits per heavy atom. The third kappa shape index (κ3) is 6.04. The van der Waals surface area contributed by atoms with Crippen molar-refractivity contribution in [2.75, 3.05) is 19.8 Å². The number of ether oxygens (including phenoxy) is 3. The third-order valence-electron chi connectivity index (χ3n) is 4.09. The number of hydrogen-bond acceptors (Lipinski definition) is 6. The van der Waals surface area contributed by atoms with Crippen LogP contribution in [0.2, 0.25) is 0 Å². The van der Waals surface area contributed by atoms with Crippen LogP contribution in [0, 0.1) is 5.82 Å². The predicted octanol–water partition coefficient (Wildman–Crippen LogP) is 2.99. The summed E-state index contributed by atoms with van der Waals surface area (Å²) in [6.45, 7) is 7.54. The lowest BCUT2D eigenvalue weighted by Crippen LogP contribution is -2.46. The maximum Gasteiger partial charge on any atom is 0.342 e. The lowest BCUT2D eigenvalue weighted by atomic mass is 10.0. The number of benzene rings is 1. The van der Waals surface area contributed by atoms with Gasteiger partial charge in [-0.15, -0.1) is 4.72 Å². The van der Waals surface area contributed by atoms with E-state index in [0.29, 0.717) is 25.4 Å². The molecule has 1 fully saturated rings. The second-order valence-electron chi connectivity index (χ2n) is 7.42. The molecule has 1 aliphatic heterocycles. The van der Waals surface area contributed by atoms with Crippen LogP contribution in [-0.4, -0.2) is 47.4 Å². The predicted molar refractivity (Wildman–Crippen MR) is 102 cm³/mol. The molecule has 0 amide bonds. The van der Waals surface area contributed by atoms with Crippen molar-refractivity contribution in [3.63, 3.8) is 0 Å². The summed E-state index contributed by atoms with van der Waals surface area (Å²) in [6, 6.07) is 2.37. The first-order valence-electron chi connectivity index (χ1n) is 9.16. The minimum atomic E-state index is -2.24. The fourth-order valence-electron chi connectivity index (χ4n) is 2.56. The van der Waals surface area contributed by atoms with Gasteiger partial charge in [-0.2, -0.15) is 0 Å². The summed E-state index contributed by atoms with van der Waals surface area (Å²) in [5, 5.41) is 0. The topological polar surface area (TPSA) is 79.9 Å². The van der Waals surface area contributed by atoms with Crippen LogP contribution in [0.3, 0.4) is 0 Å². The average Bonchev–Trinajstić information content (AvgIpc) is 3.13. The summed E-state index contributed by atoms with van der Waals surface area (Å²) in [7, 11) is 0. The maximum atomic E-state index is 14.9. The number of esters is 1. The number of carbonyl (C=O) groups is 1. The molecule has 158 valence electrons. The van der Waals surface area contributed by atoms with E-state index in [0.717, 1.165) is 6.07 Å². The van der Waals surface area contributed by atoms with Gasteiger partial charge >= 0.3 is 5.97 Å². The molecule has 28 heavy (non-hydrogen) atoms. The summed E-state index contributed by atoms with van der Waals surface area (Å²) in [6.07, 6.45) is -1.73. The molecule has 2 unspecified atom stereocenters. The minimum absolute atomic E-state index is 0.0261. The van der Waals surface area contributed by atoms with Gasteiger partial charge in [-0.25, -0.2) is 13.6 Å². The standard InChI is InChI=1S/C19H27F2NO5S/c1-5-26-18(23)16(21)17(22-28(24)19(2,3)4)14-10-12(6-7-15(14)20)27-13-8-9-25-11-13/h6-7,10,13,16-17,22H,5,8-9,11H2,1-4H3/t13-,16?,17?,28+/m0/s1. The lowest BCUT2D eigenvalue weighted by Gasteiger charge is -2.29. The van der Waals surface area contributed by atoms with E-state index in [4.69, 9.17) is 14.2 Å². The van der Waals surface area contributed by atoms with Gasteiger partial charge in [0.25, 0.3) is 0 Å². The van der Waals surface area contributed by atoms with E-state index in [1.165, 1.54) is 12.1 Å². The molecule has 0 radical (unpaired) electrons. The highest BCUT2D eigenvalue weighted by Crippen LogP contribution is 2.30. The maximum absolute atomic E-state index is 14.9. The Hall–Kier alpha value is -1.42. The summed E-state index contributed by atoms with van der Waals surface area (Å²) in [5.74, 6) is -1.58. The first-order chi connectivity index (χ1) is 13.1. The monoisotopic (exact) mass is 419 g/mol. The highest BCUT2D eigenvalue weighted by atomic mass is 32.2. The van der Waals surface area contributed by atoms with E-state index in [2.05, 4.69) is 4.72 Å². The molecule has 2 rings (SSSR count). The van der Waals surface area contributed by atoms with Crippen molar-refractivity contribution < 1.29 is 32.3 Å². The van der Waals surface area contributed by atoms with E-state index in [-0.39, 0.29) is 18.3 Å². The van der Waals surface area contributed by atoms with Gasteiger partial charge in [-0.05, 0) is 45.9 Å². The lowest BCUT2D eigenvalue weighted by molar-refractivity contribution is -0.150. The van der Waals surface area contributed by atoms with Crippen molar-refractivity contribution in [3.05, 3.63) is 29.6 Å². The molecular weight excluding hydrogens is 392 g/mol. The molecule has 1 N–H and O–H groups in total. The van der Waals surface area contributed by atoms with Crippen molar-refractivity contribution in [2.45, 2.75) is 57.2 Å². The largest absolute Gasteiger partial charge is 0.598 e. The van der Waals surface area contributed by atoms with Crippen LogP contribution in [-0.2, 0) is 25.6 Å². The van der Waals surface area contributed by atoms with Gasteiger partial charge in [-0.3, -0.25) is 0 Å². The van der Waals surface area contributed by atoms with Crippen LogP contribution in [0.1, 0.15) is 45.7 Å². The highest BCUT2D eigenvalue weighted by Gasteiger charge is 2.39. The summed E-state index contributed by atoms with van der Waals surface area (Å²) >= 11 is -1.75. The van der Waals surface area contributed by atoms with Gasteiger partial charge in [0, 0.05) is 23.3 Å². The van der Waals surface area contributed by atoms with E-state index in [9.17, 15) is 18.1 Å². The second kappa shape index (κ2) is 9.87. The molecule has 0 aliphatic carbocycles. The van der Waals surface area contributed by atoms with Crippen molar-refractivity contribution in [1.29, 1.82) is 0 Å². The van der Waals surface area contributed by atoms with E-state index in [1.807, 2.05) is 0 Å². The molecule has 1 heterocycles. The van der Waals surface area contributed by atoms with Gasteiger partial charge < -0.3 is 18.8 Å². The Morgan fingerprint density at radius 2 is 2.18 bits per heavy atom. The van der Waals surface area contributed by atoms with Crippen molar-refractivity contribution in [1.82, 2.24) is 4.72 Å². The van der Waals surface area contributed by atoms with Gasteiger partial charge in [0.05, 0.1) is 19.8 Å². The number of carbonyl (C=O) groups excluding carboxylic acids is 1. The zero-order chi connectivity index (χ0) is 20.9. The molecule has 1 aliphatic rings. The molecule has 1 saturated heterocycles. The highest BCUT2D eigenvalue weighted by molar-refractivity contribution is 7.90. The van der Waals surface area contributed by atoms with Gasteiger partial charge in [0.15, 0.2) is 0 Å². The molecule has 1 aromatic carbocycles. The summed E-state index contributed by atoms with van der Waals surface area (Å²) in [5.41, 5.74) is -0.158. The molecule has 1 aromatic rings. The number of nitrogens with one attached hydrogen (secondary N) is 1. The van der Waals surface area contributed by atoms with Crippen LogP contribution in [0.25, 0.3) is 0 Å². The molecule has 9 heteroatoms. The SMILES string of the molecule is CCOC(=O)C(F)C(N[S@+]([O-])C(C)(C)C)c1cc(O[C@H]2CCOC2)ccc1F. The molecular formula is C19H27F2NO5S. The molecule has 0 spiro atoms. The normalized spacial score (nSPS) is 20.5. The Bertz CT molecular complexity index is 664. The van der Waals surface area contributed by atoms with Crippen LogP contribution in [0.5, 0.6) is 5.75 Å². The third-order valence-corrected chi connectivity index (χ3v) is 5.67. The van der Waals surface area contributed by atoms with Crippen molar-refractivity contribution in [2.24, 2.45) is 0 Å². The summed E-state index contributed by atoms with van der Waals surface area (Å²) in [4.78, 5) is 12.0. The number of hydrogen-bond donors (Lipinski definition) is 1. The van der Waals surface area contributed by atoms with Gasteiger partial charge in [-0.1, -0.05) is 0 Å². The quantitative estimate of drug-likeness (QED) is 0.516.